The van der Waals surface area contributed by atoms with Gasteiger partial charge in [-0.3, -0.25) is 4.90 Å². The van der Waals surface area contributed by atoms with Crippen molar-refractivity contribution in [1.29, 1.82) is 0 Å². The van der Waals surface area contributed by atoms with Gasteiger partial charge < -0.3 is 9.32 Å². The summed E-state index contributed by atoms with van der Waals surface area (Å²) in [6.07, 6.45) is 8.03. The molecule has 2 atom stereocenters. The third-order valence-electron chi connectivity index (χ3n) is 4.66. The fourth-order valence-electron chi connectivity index (χ4n) is 3.27. The standard InChI is InChI=1S/C15H22N6O/c1-19(2)13-9-20(10-14(13)21-6-5-17-18-21)8-12-7-16-15(22-12)11-3-4-11/h5-7,11,13-14H,3-4,8-10H2,1-2H3/t13-,14+/m1/s1. The molecule has 1 saturated carbocycles. The van der Waals surface area contributed by atoms with Crippen molar-refractivity contribution < 1.29 is 4.42 Å². The minimum absolute atomic E-state index is 0.323. The summed E-state index contributed by atoms with van der Waals surface area (Å²) in [6.45, 7) is 2.76. The molecule has 2 aliphatic rings. The minimum Gasteiger partial charge on any atom is -0.444 e. The molecule has 0 spiro atoms. The summed E-state index contributed by atoms with van der Waals surface area (Å²) in [7, 11) is 4.25. The Hall–Kier alpha value is -1.73. The average molecular weight is 302 g/mol. The Morgan fingerprint density at radius 2 is 2.18 bits per heavy atom. The van der Waals surface area contributed by atoms with Crippen LogP contribution in [0.2, 0.25) is 0 Å². The molecule has 0 N–H and O–H groups in total. The van der Waals surface area contributed by atoms with Crippen LogP contribution in [-0.2, 0) is 6.54 Å². The predicted octanol–water partition coefficient (Wildman–Crippen LogP) is 1.13. The smallest absolute Gasteiger partial charge is 0.197 e. The van der Waals surface area contributed by atoms with Gasteiger partial charge in [0.2, 0.25) is 0 Å². The van der Waals surface area contributed by atoms with Crippen LogP contribution >= 0.6 is 0 Å². The van der Waals surface area contributed by atoms with Crippen molar-refractivity contribution in [3.63, 3.8) is 0 Å². The molecule has 3 heterocycles. The number of likely N-dealkylation sites (tertiary alicyclic amines) is 1. The molecule has 1 aliphatic heterocycles. The molecule has 0 radical (unpaired) electrons. The summed E-state index contributed by atoms with van der Waals surface area (Å²) in [5.41, 5.74) is 0. The van der Waals surface area contributed by atoms with Crippen molar-refractivity contribution in [2.24, 2.45) is 0 Å². The Balaban J connectivity index is 1.46. The molecule has 7 heteroatoms. The number of likely N-dealkylation sites (N-methyl/N-ethyl adjacent to an activating group) is 1. The fourth-order valence-corrected chi connectivity index (χ4v) is 3.27. The van der Waals surface area contributed by atoms with Crippen molar-refractivity contribution in [2.75, 3.05) is 27.2 Å². The molecule has 22 heavy (non-hydrogen) atoms. The molecule has 2 aromatic rings. The van der Waals surface area contributed by atoms with E-state index >= 15 is 0 Å². The van der Waals surface area contributed by atoms with E-state index < -0.39 is 0 Å². The maximum absolute atomic E-state index is 5.89. The Kier molecular flexibility index (Phi) is 3.46. The number of hydrogen-bond acceptors (Lipinski definition) is 6. The number of oxazole rings is 1. The van der Waals surface area contributed by atoms with Crippen LogP contribution in [0.1, 0.15) is 36.5 Å². The highest BCUT2D eigenvalue weighted by molar-refractivity contribution is 5.05. The first-order chi connectivity index (χ1) is 10.7. The molecule has 0 aromatic carbocycles. The van der Waals surface area contributed by atoms with Gasteiger partial charge in [0.1, 0.15) is 5.76 Å². The van der Waals surface area contributed by atoms with Gasteiger partial charge in [-0.15, -0.1) is 5.10 Å². The van der Waals surface area contributed by atoms with E-state index in [1.165, 1.54) is 12.8 Å². The summed E-state index contributed by atoms with van der Waals surface area (Å²) < 4.78 is 7.86. The van der Waals surface area contributed by atoms with Crippen LogP contribution in [0.3, 0.4) is 0 Å². The Morgan fingerprint density at radius 1 is 1.32 bits per heavy atom. The lowest BCUT2D eigenvalue weighted by atomic mass is 10.1. The number of aromatic nitrogens is 4. The van der Waals surface area contributed by atoms with Crippen LogP contribution in [0.15, 0.2) is 23.0 Å². The first kappa shape index (κ1) is 13.9. The van der Waals surface area contributed by atoms with Gasteiger partial charge in [-0.05, 0) is 26.9 Å². The summed E-state index contributed by atoms with van der Waals surface area (Å²) in [4.78, 5) is 9.09. The Bertz CT molecular complexity index is 618. The highest BCUT2D eigenvalue weighted by Gasteiger charge is 2.36. The molecule has 1 aliphatic carbocycles. The summed E-state index contributed by atoms with van der Waals surface area (Å²) in [6, 6.07) is 0.746. The lowest BCUT2D eigenvalue weighted by Gasteiger charge is -2.24. The second kappa shape index (κ2) is 5.48. The number of hydrogen-bond donors (Lipinski definition) is 0. The zero-order valence-corrected chi connectivity index (χ0v) is 13.1. The quantitative estimate of drug-likeness (QED) is 0.825. The average Bonchev–Trinajstić information content (AvgIpc) is 2.96. The molecule has 0 bridgehead atoms. The summed E-state index contributed by atoms with van der Waals surface area (Å²) >= 11 is 0. The van der Waals surface area contributed by atoms with Crippen molar-refractivity contribution in [3.8, 4) is 0 Å². The zero-order chi connectivity index (χ0) is 15.1. The molecule has 0 unspecified atom stereocenters. The molecule has 1 saturated heterocycles. The van der Waals surface area contributed by atoms with Crippen LogP contribution in [-0.4, -0.2) is 63.0 Å². The van der Waals surface area contributed by atoms with Crippen molar-refractivity contribution in [2.45, 2.75) is 37.4 Å². The van der Waals surface area contributed by atoms with Gasteiger partial charge in [0, 0.05) is 31.2 Å². The molecule has 2 fully saturated rings. The van der Waals surface area contributed by atoms with Gasteiger partial charge in [-0.2, -0.15) is 0 Å². The first-order valence-electron chi connectivity index (χ1n) is 7.90. The lowest BCUT2D eigenvalue weighted by Crippen LogP contribution is -2.36. The molecular formula is C15H22N6O. The van der Waals surface area contributed by atoms with Crippen LogP contribution in [0, 0.1) is 0 Å². The highest BCUT2D eigenvalue weighted by Crippen LogP contribution is 2.39. The summed E-state index contributed by atoms with van der Waals surface area (Å²) in [5.74, 6) is 2.47. The molecule has 118 valence electrons. The molecule has 2 aromatic heterocycles. The van der Waals surface area contributed by atoms with E-state index in [1.54, 1.807) is 6.20 Å². The predicted molar refractivity (Wildman–Crippen MR) is 80.3 cm³/mol. The SMILES string of the molecule is CN(C)[C@@H]1CN(Cc2cnc(C3CC3)o2)C[C@@H]1n1ccnn1. The second-order valence-corrected chi connectivity index (χ2v) is 6.61. The van der Waals surface area contributed by atoms with Crippen LogP contribution in [0.5, 0.6) is 0 Å². The third-order valence-corrected chi connectivity index (χ3v) is 4.66. The Morgan fingerprint density at radius 3 is 2.86 bits per heavy atom. The van der Waals surface area contributed by atoms with Gasteiger partial charge in [-0.1, -0.05) is 5.21 Å². The number of nitrogens with zero attached hydrogens (tertiary/aromatic N) is 6. The minimum atomic E-state index is 0.323. The number of rotatable bonds is 5. The van der Waals surface area contributed by atoms with Gasteiger partial charge >= 0.3 is 0 Å². The molecular weight excluding hydrogens is 280 g/mol. The fraction of sp³-hybridized carbons (Fsp3) is 0.667. The van der Waals surface area contributed by atoms with Crippen molar-refractivity contribution in [1.82, 2.24) is 29.8 Å². The normalized spacial score (nSPS) is 26.1. The zero-order valence-electron chi connectivity index (χ0n) is 13.1. The van der Waals surface area contributed by atoms with Crippen LogP contribution in [0.25, 0.3) is 0 Å². The highest BCUT2D eigenvalue weighted by atomic mass is 16.4. The topological polar surface area (TPSA) is 63.2 Å². The van der Waals surface area contributed by atoms with Crippen molar-refractivity contribution in [3.05, 3.63) is 30.2 Å². The monoisotopic (exact) mass is 302 g/mol. The van der Waals surface area contributed by atoms with E-state index in [1.807, 2.05) is 17.1 Å². The summed E-state index contributed by atoms with van der Waals surface area (Å²) in [5, 5.41) is 8.13. The molecule has 0 amide bonds. The largest absolute Gasteiger partial charge is 0.444 e. The second-order valence-electron chi connectivity index (χ2n) is 6.61. The van der Waals surface area contributed by atoms with Gasteiger partial charge in [0.25, 0.3) is 0 Å². The van der Waals surface area contributed by atoms with E-state index in [-0.39, 0.29) is 0 Å². The van der Waals surface area contributed by atoms with E-state index in [2.05, 4.69) is 39.2 Å². The third kappa shape index (κ3) is 2.66. The molecule has 7 nitrogen and oxygen atoms in total. The first-order valence-corrected chi connectivity index (χ1v) is 7.90. The van der Waals surface area contributed by atoms with E-state index in [4.69, 9.17) is 4.42 Å². The van der Waals surface area contributed by atoms with E-state index in [9.17, 15) is 0 Å². The van der Waals surface area contributed by atoms with Gasteiger partial charge in [-0.25, -0.2) is 9.67 Å². The Labute approximate surface area is 129 Å². The molecule has 4 rings (SSSR count). The lowest BCUT2D eigenvalue weighted by molar-refractivity contribution is 0.234. The van der Waals surface area contributed by atoms with Crippen LogP contribution < -0.4 is 0 Å². The van der Waals surface area contributed by atoms with E-state index in [0.29, 0.717) is 18.0 Å². The maximum atomic E-state index is 5.89. The van der Waals surface area contributed by atoms with E-state index in [0.717, 1.165) is 31.3 Å². The maximum Gasteiger partial charge on any atom is 0.197 e. The van der Waals surface area contributed by atoms with Crippen LogP contribution in [0.4, 0.5) is 0 Å². The van der Waals surface area contributed by atoms with Gasteiger partial charge in [0.05, 0.1) is 25.0 Å². The van der Waals surface area contributed by atoms with Crippen molar-refractivity contribution >= 4 is 0 Å². The van der Waals surface area contributed by atoms with Gasteiger partial charge in [0.15, 0.2) is 5.89 Å².